The highest BCUT2D eigenvalue weighted by atomic mass is 19.1. The lowest BCUT2D eigenvalue weighted by atomic mass is 10.1. The van der Waals surface area contributed by atoms with E-state index in [9.17, 15) is 14.3 Å². The second-order valence-corrected chi connectivity index (χ2v) is 4.45. The van der Waals surface area contributed by atoms with Crippen LogP contribution in [0.1, 0.15) is 28.9 Å². The van der Waals surface area contributed by atoms with Gasteiger partial charge in [-0.05, 0) is 31.2 Å². The summed E-state index contributed by atoms with van der Waals surface area (Å²) in [5, 5.41) is 12.3. The third-order valence-corrected chi connectivity index (χ3v) is 2.92. The quantitative estimate of drug-likeness (QED) is 0.753. The first-order valence-corrected chi connectivity index (χ1v) is 6.12. The maximum atomic E-state index is 13.0. The molecule has 0 heterocycles. The number of nitrogens with one attached hydrogen (secondary N) is 1. The molecular formula is C15H15FN2O2. The first-order chi connectivity index (χ1) is 9.49. The van der Waals surface area contributed by atoms with Crippen LogP contribution in [0.4, 0.5) is 15.8 Å². The number of aliphatic hydroxyl groups excluding tert-OH is 1. The number of carbonyl (C=O) groups is 1. The molecular weight excluding hydrogens is 259 g/mol. The zero-order chi connectivity index (χ0) is 14.7. The third kappa shape index (κ3) is 2.95. The topological polar surface area (TPSA) is 75.3 Å². The highest BCUT2D eigenvalue weighted by molar-refractivity contribution is 6.08. The highest BCUT2D eigenvalue weighted by Crippen LogP contribution is 2.23. The van der Waals surface area contributed by atoms with Crippen LogP contribution < -0.4 is 11.1 Å². The van der Waals surface area contributed by atoms with Crippen molar-refractivity contribution in [1.29, 1.82) is 0 Å². The van der Waals surface area contributed by atoms with Crippen molar-refractivity contribution in [3.05, 3.63) is 59.4 Å². The molecule has 0 saturated carbocycles. The minimum Gasteiger partial charge on any atom is -0.398 e. The molecule has 5 heteroatoms. The van der Waals surface area contributed by atoms with Crippen LogP contribution in [0.5, 0.6) is 0 Å². The minimum absolute atomic E-state index is 0.0667. The Morgan fingerprint density at radius 3 is 2.65 bits per heavy atom. The lowest BCUT2D eigenvalue weighted by Crippen LogP contribution is -2.15. The molecule has 0 spiro atoms. The second-order valence-electron chi connectivity index (χ2n) is 4.45. The van der Waals surface area contributed by atoms with Crippen molar-refractivity contribution in [1.82, 2.24) is 0 Å². The van der Waals surface area contributed by atoms with Crippen molar-refractivity contribution in [3.63, 3.8) is 0 Å². The molecule has 20 heavy (non-hydrogen) atoms. The molecule has 2 aromatic carbocycles. The molecule has 2 rings (SSSR count). The number of benzene rings is 2. The van der Waals surface area contributed by atoms with Gasteiger partial charge in [0.1, 0.15) is 5.82 Å². The van der Waals surface area contributed by atoms with Crippen LogP contribution in [-0.4, -0.2) is 11.0 Å². The number of halogens is 1. The van der Waals surface area contributed by atoms with Crippen molar-refractivity contribution in [3.8, 4) is 0 Å². The first-order valence-electron chi connectivity index (χ1n) is 6.12. The van der Waals surface area contributed by atoms with E-state index in [1.807, 2.05) is 0 Å². The van der Waals surface area contributed by atoms with Crippen LogP contribution in [-0.2, 0) is 0 Å². The molecule has 1 atom stereocenters. The molecule has 0 aliphatic carbocycles. The second kappa shape index (κ2) is 5.71. The van der Waals surface area contributed by atoms with E-state index < -0.39 is 17.8 Å². The maximum absolute atomic E-state index is 13.0. The third-order valence-electron chi connectivity index (χ3n) is 2.92. The van der Waals surface area contributed by atoms with E-state index in [0.29, 0.717) is 11.3 Å². The predicted molar refractivity (Wildman–Crippen MR) is 75.8 cm³/mol. The van der Waals surface area contributed by atoms with Gasteiger partial charge in [-0.2, -0.15) is 0 Å². The number of nitrogens with two attached hydrogens (primary N) is 1. The smallest absolute Gasteiger partial charge is 0.257 e. The van der Waals surface area contributed by atoms with Crippen molar-refractivity contribution in [2.75, 3.05) is 11.1 Å². The molecule has 4 nitrogen and oxygen atoms in total. The van der Waals surface area contributed by atoms with Gasteiger partial charge in [0.05, 0.1) is 11.7 Å². The lowest BCUT2D eigenvalue weighted by Gasteiger charge is -2.13. The molecule has 0 saturated heterocycles. The first kappa shape index (κ1) is 14.0. The summed E-state index contributed by atoms with van der Waals surface area (Å²) in [6.45, 7) is 1.61. The normalized spacial score (nSPS) is 11.9. The molecule has 0 aliphatic heterocycles. The van der Waals surface area contributed by atoms with Crippen LogP contribution >= 0.6 is 0 Å². The van der Waals surface area contributed by atoms with Gasteiger partial charge in [-0.25, -0.2) is 4.39 Å². The van der Waals surface area contributed by atoms with E-state index >= 15 is 0 Å². The van der Waals surface area contributed by atoms with E-state index in [2.05, 4.69) is 5.32 Å². The molecule has 1 unspecified atom stereocenters. The molecule has 0 aliphatic rings. The Kier molecular flexibility index (Phi) is 4.00. The number of para-hydroxylation sites is 1. The summed E-state index contributed by atoms with van der Waals surface area (Å²) in [6.07, 6.45) is -0.711. The number of nitrogen functional groups attached to an aromatic ring is 1. The number of hydrogen-bond donors (Lipinski definition) is 3. The predicted octanol–water partition coefficient (Wildman–Crippen LogP) is 2.71. The van der Waals surface area contributed by atoms with Crippen molar-refractivity contribution >= 4 is 17.3 Å². The van der Waals surface area contributed by atoms with Crippen LogP contribution in [0.25, 0.3) is 0 Å². The highest BCUT2D eigenvalue weighted by Gasteiger charge is 2.14. The van der Waals surface area contributed by atoms with Gasteiger partial charge in [0.15, 0.2) is 0 Å². The van der Waals surface area contributed by atoms with Gasteiger partial charge in [0, 0.05) is 16.9 Å². The van der Waals surface area contributed by atoms with Crippen LogP contribution in [0.15, 0.2) is 42.5 Å². The summed E-state index contributed by atoms with van der Waals surface area (Å²) in [5.41, 5.74) is 6.97. The van der Waals surface area contributed by atoms with Crippen LogP contribution in [0, 0.1) is 5.82 Å². The molecule has 0 bridgehead atoms. The zero-order valence-corrected chi connectivity index (χ0v) is 10.9. The summed E-state index contributed by atoms with van der Waals surface area (Å²) in [7, 11) is 0. The molecule has 4 N–H and O–H groups in total. The Hall–Kier alpha value is -2.40. The molecule has 104 valence electrons. The van der Waals surface area contributed by atoms with Gasteiger partial charge in [0.2, 0.25) is 0 Å². The SMILES string of the molecule is CC(O)c1ccccc1NC(=O)c1ccc(F)cc1N. The molecule has 0 fully saturated rings. The standard InChI is InChI=1S/C15H15FN2O2/c1-9(19)11-4-2-3-5-14(11)18-15(20)12-7-6-10(16)8-13(12)17/h2-9,19H,17H2,1H3,(H,18,20). The molecule has 0 radical (unpaired) electrons. The lowest BCUT2D eigenvalue weighted by molar-refractivity contribution is 0.102. The number of carbonyl (C=O) groups excluding carboxylic acids is 1. The van der Waals surface area contributed by atoms with E-state index in [0.717, 1.165) is 6.07 Å². The Morgan fingerprint density at radius 1 is 1.30 bits per heavy atom. The summed E-state index contributed by atoms with van der Waals surface area (Å²) < 4.78 is 13.0. The fourth-order valence-electron chi connectivity index (χ4n) is 1.91. The van der Waals surface area contributed by atoms with Gasteiger partial charge < -0.3 is 16.2 Å². The number of aliphatic hydroxyl groups is 1. The fraction of sp³-hybridized carbons (Fsp3) is 0.133. The Bertz CT molecular complexity index is 642. The molecule has 2 aromatic rings. The summed E-state index contributed by atoms with van der Waals surface area (Å²) in [4.78, 5) is 12.1. The van der Waals surface area contributed by atoms with Gasteiger partial charge in [-0.1, -0.05) is 18.2 Å². The summed E-state index contributed by atoms with van der Waals surface area (Å²) in [5.74, 6) is -0.945. The number of amides is 1. The Labute approximate surface area is 116 Å². The number of rotatable bonds is 3. The molecule has 1 amide bonds. The Balaban J connectivity index is 2.28. The number of hydrogen-bond acceptors (Lipinski definition) is 3. The fourth-order valence-corrected chi connectivity index (χ4v) is 1.91. The monoisotopic (exact) mass is 274 g/mol. The van der Waals surface area contributed by atoms with E-state index in [4.69, 9.17) is 5.73 Å². The largest absolute Gasteiger partial charge is 0.398 e. The van der Waals surface area contributed by atoms with E-state index in [1.54, 1.807) is 31.2 Å². The van der Waals surface area contributed by atoms with Crippen molar-refractivity contribution in [2.24, 2.45) is 0 Å². The zero-order valence-electron chi connectivity index (χ0n) is 10.9. The average molecular weight is 274 g/mol. The van der Waals surface area contributed by atoms with Gasteiger partial charge in [0.25, 0.3) is 5.91 Å². The Morgan fingerprint density at radius 2 is 2.00 bits per heavy atom. The van der Waals surface area contributed by atoms with Crippen LogP contribution in [0.3, 0.4) is 0 Å². The molecule has 0 aromatic heterocycles. The van der Waals surface area contributed by atoms with E-state index in [-0.39, 0.29) is 11.3 Å². The maximum Gasteiger partial charge on any atom is 0.257 e. The van der Waals surface area contributed by atoms with Crippen molar-refractivity contribution < 1.29 is 14.3 Å². The van der Waals surface area contributed by atoms with Gasteiger partial charge >= 0.3 is 0 Å². The van der Waals surface area contributed by atoms with Gasteiger partial charge in [-0.3, -0.25) is 4.79 Å². The minimum atomic E-state index is -0.711. The van der Waals surface area contributed by atoms with E-state index in [1.165, 1.54) is 12.1 Å². The van der Waals surface area contributed by atoms with Crippen LogP contribution in [0.2, 0.25) is 0 Å². The van der Waals surface area contributed by atoms with Crippen molar-refractivity contribution in [2.45, 2.75) is 13.0 Å². The summed E-state index contributed by atoms with van der Waals surface area (Å²) >= 11 is 0. The van der Waals surface area contributed by atoms with Gasteiger partial charge in [-0.15, -0.1) is 0 Å². The summed E-state index contributed by atoms with van der Waals surface area (Å²) in [6, 6.07) is 10.5. The number of anilines is 2. The average Bonchev–Trinajstić information content (AvgIpc) is 2.38.